The van der Waals surface area contributed by atoms with Gasteiger partial charge in [-0.2, -0.15) is 0 Å². The molecule has 0 aromatic carbocycles. The van der Waals surface area contributed by atoms with Crippen molar-refractivity contribution in [2.45, 2.75) is 110 Å². The lowest BCUT2D eigenvalue weighted by atomic mass is 10.0. The largest absolute Gasteiger partial charge is 0.0654 e. The summed E-state index contributed by atoms with van der Waals surface area (Å²) in [6.07, 6.45) is 23.9. The first kappa shape index (κ1) is 18.0. The summed E-state index contributed by atoms with van der Waals surface area (Å²) < 4.78 is 0. The van der Waals surface area contributed by atoms with E-state index in [4.69, 9.17) is 0 Å². The van der Waals surface area contributed by atoms with Gasteiger partial charge in [0.2, 0.25) is 0 Å². The molecule has 0 fully saturated rings. The Kier molecular flexibility index (Phi) is 17.0. The Morgan fingerprint density at radius 3 is 1.28 bits per heavy atom. The maximum atomic E-state index is 2.51. The predicted octanol–water partition coefficient (Wildman–Crippen LogP) is 7.08. The lowest BCUT2D eigenvalue weighted by molar-refractivity contribution is 0.553. The summed E-state index contributed by atoms with van der Waals surface area (Å²) in [6.45, 7) is 4.57. The van der Waals surface area contributed by atoms with Gasteiger partial charge >= 0.3 is 0 Å². The lowest BCUT2D eigenvalue weighted by Crippen LogP contribution is -1.83. The van der Waals surface area contributed by atoms with Crippen LogP contribution >= 0.6 is 0 Å². The van der Waals surface area contributed by atoms with E-state index in [1.54, 1.807) is 0 Å². The summed E-state index contributed by atoms with van der Waals surface area (Å²) in [7, 11) is 0. The van der Waals surface area contributed by atoms with Crippen LogP contribution in [0.1, 0.15) is 110 Å². The van der Waals surface area contributed by atoms with Gasteiger partial charge in [-0.25, -0.2) is 0 Å². The molecule has 0 amide bonds. The number of hydrogen-bond donors (Lipinski definition) is 0. The first-order valence-corrected chi connectivity index (χ1v) is 8.73. The standard InChI is InChI=1S/C18H37/c1-3-5-7-9-11-13-15-17-18-16-14-12-10-8-6-4-2/h11H,3-10,12-18H2,1-2H3. The fraction of sp³-hybridized carbons (Fsp3) is 0.944. The Bertz CT molecular complexity index is 112. The highest BCUT2D eigenvalue weighted by Crippen LogP contribution is 2.13. The van der Waals surface area contributed by atoms with E-state index in [-0.39, 0.29) is 0 Å². The van der Waals surface area contributed by atoms with Crippen LogP contribution in [0, 0.1) is 6.42 Å². The molecule has 109 valence electrons. The van der Waals surface area contributed by atoms with Crippen molar-refractivity contribution in [1.82, 2.24) is 0 Å². The van der Waals surface area contributed by atoms with E-state index in [1.165, 1.54) is 96.3 Å². The highest BCUT2D eigenvalue weighted by Gasteiger charge is 1.93. The van der Waals surface area contributed by atoms with E-state index in [2.05, 4.69) is 20.3 Å². The van der Waals surface area contributed by atoms with Gasteiger partial charge in [0.1, 0.15) is 0 Å². The smallest absolute Gasteiger partial charge is 0.0386 e. The highest BCUT2D eigenvalue weighted by molar-refractivity contribution is 4.64. The zero-order chi connectivity index (χ0) is 13.3. The van der Waals surface area contributed by atoms with E-state index in [1.807, 2.05) is 0 Å². The fourth-order valence-electron chi connectivity index (χ4n) is 2.46. The van der Waals surface area contributed by atoms with Gasteiger partial charge < -0.3 is 0 Å². The van der Waals surface area contributed by atoms with Crippen molar-refractivity contribution >= 4 is 0 Å². The van der Waals surface area contributed by atoms with E-state index < -0.39 is 0 Å². The zero-order valence-corrected chi connectivity index (χ0v) is 13.2. The number of unbranched alkanes of at least 4 members (excludes halogenated alkanes) is 15. The first-order valence-electron chi connectivity index (χ1n) is 8.73. The molecule has 0 atom stereocenters. The predicted molar refractivity (Wildman–Crippen MR) is 84.9 cm³/mol. The molecule has 1 radical (unpaired) electrons. The Morgan fingerprint density at radius 1 is 0.444 bits per heavy atom. The minimum Gasteiger partial charge on any atom is -0.0654 e. The topological polar surface area (TPSA) is 0 Å². The van der Waals surface area contributed by atoms with E-state index in [0.29, 0.717) is 0 Å². The van der Waals surface area contributed by atoms with Crippen molar-refractivity contribution in [3.63, 3.8) is 0 Å². The molecule has 0 aliphatic rings. The summed E-state index contributed by atoms with van der Waals surface area (Å²) in [6, 6.07) is 0. The maximum Gasteiger partial charge on any atom is -0.0386 e. The normalized spacial score (nSPS) is 11.0. The third-order valence-corrected chi connectivity index (χ3v) is 3.77. The van der Waals surface area contributed by atoms with Crippen LogP contribution in [0.2, 0.25) is 0 Å². The second-order valence-electron chi connectivity index (χ2n) is 5.76. The highest BCUT2D eigenvalue weighted by atomic mass is 14.0. The number of rotatable bonds is 15. The average molecular weight is 253 g/mol. The molecule has 0 spiro atoms. The van der Waals surface area contributed by atoms with Gasteiger partial charge in [-0.3, -0.25) is 0 Å². The second-order valence-corrected chi connectivity index (χ2v) is 5.76. The van der Waals surface area contributed by atoms with Crippen LogP contribution in [0.25, 0.3) is 0 Å². The van der Waals surface area contributed by atoms with Crippen molar-refractivity contribution in [3.05, 3.63) is 6.42 Å². The minimum absolute atomic E-state index is 1.35. The molecular formula is C18H37. The second kappa shape index (κ2) is 17.0. The summed E-state index contributed by atoms with van der Waals surface area (Å²) >= 11 is 0. The average Bonchev–Trinajstić information content (AvgIpc) is 2.39. The van der Waals surface area contributed by atoms with Crippen molar-refractivity contribution in [3.8, 4) is 0 Å². The summed E-state index contributed by atoms with van der Waals surface area (Å²) in [4.78, 5) is 0. The third kappa shape index (κ3) is 16.0. The van der Waals surface area contributed by atoms with Crippen molar-refractivity contribution < 1.29 is 0 Å². The maximum absolute atomic E-state index is 2.51. The molecule has 0 saturated carbocycles. The molecule has 0 nitrogen and oxygen atoms in total. The van der Waals surface area contributed by atoms with Crippen LogP contribution in [-0.4, -0.2) is 0 Å². The molecule has 0 heterocycles. The van der Waals surface area contributed by atoms with Gasteiger partial charge in [0.25, 0.3) is 0 Å². The Balaban J connectivity index is 2.86. The lowest BCUT2D eigenvalue weighted by Gasteiger charge is -2.02. The molecule has 0 heteroatoms. The minimum atomic E-state index is 1.35. The molecule has 0 bridgehead atoms. The van der Waals surface area contributed by atoms with Gasteiger partial charge in [-0.1, -0.05) is 110 Å². The van der Waals surface area contributed by atoms with Gasteiger partial charge in [0, 0.05) is 0 Å². The quantitative estimate of drug-likeness (QED) is 0.273. The Morgan fingerprint density at radius 2 is 0.778 bits per heavy atom. The molecule has 0 aliphatic heterocycles. The molecule has 0 N–H and O–H groups in total. The van der Waals surface area contributed by atoms with Gasteiger partial charge in [0.15, 0.2) is 0 Å². The Labute approximate surface area is 117 Å². The van der Waals surface area contributed by atoms with Crippen molar-refractivity contribution in [2.24, 2.45) is 0 Å². The summed E-state index contributed by atoms with van der Waals surface area (Å²) in [5.74, 6) is 0. The Hall–Kier alpha value is 0. The van der Waals surface area contributed by atoms with Gasteiger partial charge in [-0.15, -0.1) is 0 Å². The van der Waals surface area contributed by atoms with Crippen LogP contribution in [-0.2, 0) is 0 Å². The van der Waals surface area contributed by atoms with Crippen LogP contribution in [0.3, 0.4) is 0 Å². The van der Waals surface area contributed by atoms with Gasteiger partial charge in [-0.05, 0) is 6.42 Å². The third-order valence-electron chi connectivity index (χ3n) is 3.77. The molecule has 0 rings (SSSR count). The van der Waals surface area contributed by atoms with Crippen LogP contribution < -0.4 is 0 Å². The van der Waals surface area contributed by atoms with E-state index >= 15 is 0 Å². The van der Waals surface area contributed by atoms with Crippen LogP contribution in [0.15, 0.2) is 0 Å². The van der Waals surface area contributed by atoms with E-state index in [9.17, 15) is 0 Å². The molecule has 0 unspecified atom stereocenters. The van der Waals surface area contributed by atoms with Crippen molar-refractivity contribution in [1.29, 1.82) is 0 Å². The van der Waals surface area contributed by atoms with Crippen molar-refractivity contribution in [2.75, 3.05) is 0 Å². The molecule has 0 aromatic rings. The molecule has 0 aliphatic carbocycles. The molecular weight excluding hydrogens is 216 g/mol. The van der Waals surface area contributed by atoms with Gasteiger partial charge in [0.05, 0.1) is 0 Å². The first-order chi connectivity index (χ1) is 8.91. The number of hydrogen-bond acceptors (Lipinski definition) is 0. The zero-order valence-electron chi connectivity index (χ0n) is 13.2. The summed E-state index contributed by atoms with van der Waals surface area (Å²) in [5.41, 5.74) is 0. The van der Waals surface area contributed by atoms with Crippen LogP contribution in [0.5, 0.6) is 0 Å². The monoisotopic (exact) mass is 253 g/mol. The SMILES string of the molecule is CCCCC[CH]CCCCCCCCCCCC. The molecule has 0 aromatic heterocycles. The van der Waals surface area contributed by atoms with Crippen LogP contribution in [0.4, 0.5) is 0 Å². The molecule has 0 saturated heterocycles. The fourth-order valence-corrected chi connectivity index (χ4v) is 2.46. The summed E-state index contributed by atoms with van der Waals surface area (Å²) in [5, 5.41) is 0. The van der Waals surface area contributed by atoms with E-state index in [0.717, 1.165) is 0 Å². The molecule has 18 heavy (non-hydrogen) atoms.